The van der Waals surface area contributed by atoms with E-state index < -0.39 is 0 Å². The van der Waals surface area contributed by atoms with Crippen LogP contribution in [0, 0.1) is 6.92 Å². The summed E-state index contributed by atoms with van der Waals surface area (Å²) in [5, 5.41) is 3.14. The van der Waals surface area contributed by atoms with Gasteiger partial charge in [0, 0.05) is 48.7 Å². The third-order valence-corrected chi connectivity index (χ3v) is 6.48. The minimum atomic E-state index is -0.00134. The lowest BCUT2D eigenvalue weighted by Crippen LogP contribution is -2.20. The van der Waals surface area contributed by atoms with Gasteiger partial charge in [0.1, 0.15) is 5.82 Å². The van der Waals surface area contributed by atoms with Crippen molar-refractivity contribution in [1.82, 2.24) is 15.0 Å². The van der Waals surface area contributed by atoms with Crippen LogP contribution in [0.5, 0.6) is 0 Å². The van der Waals surface area contributed by atoms with Crippen LogP contribution in [0.3, 0.4) is 0 Å². The molecular weight excluding hydrogens is 388 g/mol. The van der Waals surface area contributed by atoms with Crippen LogP contribution in [0.15, 0.2) is 40.5 Å². The van der Waals surface area contributed by atoms with E-state index in [0.29, 0.717) is 6.42 Å². The molecule has 0 saturated heterocycles. The summed E-state index contributed by atoms with van der Waals surface area (Å²) >= 11 is 3.48. The second kappa shape index (κ2) is 9.89. The van der Waals surface area contributed by atoms with Gasteiger partial charge in [-0.3, -0.25) is 4.79 Å². The van der Waals surface area contributed by atoms with Gasteiger partial charge in [-0.2, -0.15) is 11.8 Å². The lowest BCUT2D eigenvalue weighted by molar-refractivity contribution is 0.840. The second-order valence-corrected chi connectivity index (χ2v) is 8.82. The smallest absolute Gasteiger partial charge is 0.254 e. The average molecular weight is 415 g/mol. The number of thiazole rings is 1. The fourth-order valence-electron chi connectivity index (χ4n) is 2.91. The molecule has 3 aromatic rings. The number of nitrogens with one attached hydrogen (secondary N) is 1. The zero-order valence-electron chi connectivity index (χ0n) is 16.6. The first kappa shape index (κ1) is 20.6. The van der Waals surface area contributed by atoms with E-state index in [4.69, 9.17) is 0 Å². The van der Waals surface area contributed by atoms with Gasteiger partial charge in [-0.1, -0.05) is 30.3 Å². The molecule has 0 saturated carbocycles. The normalized spacial score (nSPS) is 11.0. The van der Waals surface area contributed by atoms with Crippen molar-refractivity contribution in [3.8, 4) is 0 Å². The van der Waals surface area contributed by atoms with E-state index in [0.717, 1.165) is 52.3 Å². The van der Waals surface area contributed by atoms with Gasteiger partial charge in [0.05, 0.1) is 5.69 Å². The highest BCUT2D eigenvalue weighted by atomic mass is 32.2. The zero-order chi connectivity index (χ0) is 19.9. The van der Waals surface area contributed by atoms with Crippen molar-refractivity contribution in [2.45, 2.75) is 31.9 Å². The molecular formula is C21H26N4OS2. The summed E-state index contributed by atoms with van der Waals surface area (Å²) in [6.45, 7) is 1.93. The third kappa shape index (κ3) is 5.69. The molecule has 0 amide bonds. The molecule has 0 aliphatic carbocycles. The first-order valence-corrected chi connectivity index (χ1v) is 11.4. The van der Waals surface area contributed by atoms with Crippen LogP contribution in [-0.2, 0) is 25.0 Å². The van der Waals surface area contributed by atoms with E-state index in [2.05, 4.69) is 32.5 Å². The summed E-state index contributed by atoms with van der Waals surface area (Å²) < 4.78 is 0. The number of anilines is 1. The van der Waals surface area contributed by atoms with Crippen molar-refractivity contribution < 1.29 is 0 Å². The molecule has 0 radical (unpaired) electrons. The number of thioether (sulfide) groups is 1. The molecule has 0 bridgehead atoms. The Bertz CT molecular complexity index is 951. The SMILES string of the molecule is Cc1nc(CCSCc2csc(N(C)C)n2)[nH]c(=O)c1CCc1ccccc1. The maximum absolute atomic E-state index is 12.5. The summed E-state index contributed by atoms with van der Waals surface area (Å²) in [7, 11) is 4.01. The standard InChI is InChI=1S/C21H26N4OS2/c1-15-18(10-9-16-7-5-4-6-8-16)20(26)24-19(22-15)11-12-27-13-17-14-28-21(23-17)25(2)3/h4-8,14H,9-13H2,1-3H3,(H,22,24,26). The van der Waals surface area contributed by atoms with Gasteiger partial charge in [0.25, 0.3) is 5.56 Å². The maximum Gasteiger partial charge on any atom is 0.254 e. The molecule has 148 valence electrons. The molecule has 7 heteroatoms. The minimum absolute atomic E-state index is 0.00134. The van der Waals surface area contributed by atoms with Crippen LogP contribution in [0.2, 0.25) is 0 Å². The van der Waals surface area contributed by atoms with Crippen molar-refractivity contribution >= 4 is 28.2 Å². The van der Waals surface area contributed by atoms with Crippen molar-refractivity contribution in [3.63, 3.8) is 0 Å². The first-order valence-electron chi connectivity index (χ1n) is 9.35. The molecule has 28 heavy (non-hydrogen) atoms. The molecule has 1 aromatic carbocycles. The summed E-state index contributed by atoms with van der Waals surface area (Å²) in [5.41, 5.74) is 3.97. The summed E-state index contributed by atoms with van der Waals surface area (Å²) in [4.78, 5) is 26.7. The monoisotopic (exact) mass is 414 g/mol. The van der Waals surface area contributed by atoms with Crippen molar-refractivity contribution in [2.24, 2.45) is 0 Å². The largest absolute Gasteiger partial charge is 0.354 e. The lowest BCUT2D eigenvalue weighted by atomic mass is 10.0. The minimum Gasteiger partial charge on any atom is -0.354 e. The number of aromatic nitrogens is 3. The van der Waals surface area contributed by atoms with Crippen LogP contribution in [0.1, 0.15) is 28.3 Å². The fourth-order valence-corrected chi connectivity index (χ4v) is 4.61. The molecule has 0 unspecified atom stereocenters. The Kier molecular flexibility index (Phi) is 7.28. The summed E-state index contributed by atoms with van der Waals surface area (Å²) in [5.74, 6) is 2.55. The summed E-state index contributed by atoms with van der Waals surface area (Å²) in [6, 6.07) is 10.2. The van der Waals surface area contributed by atoms with Crippen LogP contribution >= 0.6 is 23.1 Å². The molecule has 0 aliphatic rings. The van der Waals surface area contributed by atoms with E-state index >= 15 is 0 Å². The molecule has 2 aromatic heterocycles. The maximum atomic E-state index is 12.5. The van der Waals surface area contributed by atoms with E-state index in [1.165, 1.54) is 5.56 Å². The Morgan fingerprint density at radius 3 is 2.57 bits per heavy atom. The van der Waals surface area contributed by atoms with Crippen LogP contribution in [-0.4, -0.2) is 34.8 Å². The van der Waals surface area contributed by atoms with Gasteiger partial charge >= 0.3 is 0 Å². The number of nitrogens with zero attached hydrogens (tertiary/aromatic N) is 3. The van der Waals surface area contributed by atoms with E-state index in [9.17, 15) is 4.79 Å². The number of benzene rings is 1. The van der Waals surface area contributed by atoms with Crippen LogP contribution in [0.25, 0.3) is 0 Å². The highest BCUT2D eigenvalue weighted by Gasteiger charge is 2.09. The Morgan fingerprint density at radius 1 is 1.11 bits per heavy atom. The second-order valence-electron chi connectivity index (χ2n) is 6.88. The molecule has 3 rings (SSSR count). The lowest BCUT2D eigenvalue weighted by Gasteiger charge is -2.08. The number of H-pyrrole nitrogens is 1. The fraction of sp³-hybridized carbons (Fsp3) is 0.381. The molecule has 5 nitrogen and oxygen atoms in total. The molecule has 2 heterocycles. The molecule has 0 aliphatic heterocycles. The predicted molar refractivity (Wildman–Crippen MR) is 120 cm³/mol. The Hall–Kier alpha value is -2.12. The Labute approximate surface area is 174 Å². The van der Waals surface area contributed by atoms with Gasteiger partial charge in [0.15, 0.2) is 5.13 Å². The predicted octanol–water partition coefficient (Wildman–Crippen LogP) is 3.86. The highest BCUT2D eigenvalue weighted by molar-refractivity contribution is 7.98. The van der Waals surface area contributed by atoms with Gasteiger partial charge < -0.3 is 9.88 Å². The van der Waals surface area contributed by atoms with Gasteiger partial charge in [0.2, 0.25) is 0 Å². The number of hydrogen-bond acceptors (Lipinski definition) is 6. The number of aryl methyl sites for hydroxylation is 3. The van der Waals surface area contributed by atoms with Gasteiger partial charge in [-0.25, -0.2) is 9.97 Å². The van der Waals surface area contributed by atoms with Crippen molar-refractivity contribution in [2.75, 3.05) is 24.7 Å². The highest BCUT2D eigenvalue weighted by Crippen LogP contribution is 2.21. The van der Waals surface area contributed by atoms with E-state index in [-0.39, 0.29) is 5.56 Å². The quantitative estimate of drug-likeness (QED) is 0.539. The van der Waals surface area contributed by atoms with Gasteiger partial charge in [-0.05, 0) is 25.3 Å². The zero-order valence-corrected chi connectivity index (χ0v) is 18.2. The van der Waals surface area contributed by atoms with Crippen molar-refractivity contribution in [1.29, 1.82) is 0 Å². The Morgan fingerprint density at radius 2 is 1.89 bits per heavy atom. The molecule has 0 spiro atoms. The van der Waals surface area contributed by atoms with E-state index in [1.54, 1.807) is 11.3 Å². The number of rotatable bonds is 9. The summed E-state index contributed by atoms with van der Waals surface area (Å²) in [6.07, 6.45) is 2.32. The number of hydrogen-bond donors (Lipinski definition) is 1. The third-order valence-electron chi connectivity index (χ3n) is 4.43. The van der Waals surface area contributed by atoms with Crippen LogP contribution in [0.4, 0.5) is 5.13 Å². The van der Waals surface area contributed by atoms with Crippen molar-refractivity contribution in [3.05, 3.63) is 74.4 Å². The Balaban J connectivity index is 1.51. The van der Waals surface area contributed by atoms with Crippen LogP contribution < -0.4 is 10.5 Å². The number of aromatic amines is 1. The average Bonchev–Trinajstić information content (AvgIpc) is 3.15. The molecule has 0 atom stereocenters. The molecule has 0 fully saturated rings. The topological polar surface area (TPSA) is 61.9 Å². The van der Waals surface area contributed by atoms with Gasteiger partial charge in [-0.15, -0.1) is 11.3 Å². The first-order chi connectivity index (χ1) is 13.5. The molecule has 1 N–H and O–H groups in total. The van der Waals surface area contributed by atoms with E-state index in [1.807, 2.05) is 55.9 Å².